The maximum atomic E-state index is 3.72. The van der Waals surface area contributed by atoms with E-state index in [1.54, 1.807) is 0 Å². The molecular weight excluding hydrogens is 240 g/mol. The summed E-state index contributed by atoms with van der Waals surface area (Å²) < 4.78 is 0. The molecule has 0 bridgehead atoms. The number of likely N-dealkylation sites (N-methyl/N-ethyl adjacent to an activating group) is 1. The van der Waals surface area contributed by atoms with Crippen molar-refractivity contribution in [2.45, 2.75) is 31.8 Å². The van der Waals surface area contributed by atoms with Crippen LogP contribution in [0.3, 0.4) is 0 Å². The fraction of sp³-hybridized carbons (Fsp3) is 0.600. The minimum atomic E-state index is 0.530. The van der Waals surface area contributed by atoms with Crippen molar-refractivity contribution in [3.05, 3.63) is 30.3 Å². The summed E-state index contributed by atoms with van der Waals surface area (Å²) >= 11 is 2.09. The molecule has 1 aromatic rings. The molecule has 0 saturated carbocycles. The van der Waals surface area contributed by atoms with E-state index in [1.165, 1.54) is 30.0 Å². The Balaban J connectivity index is 1.78. The predicted octanol–water partition coefficient (Wildman–Crippen LogP) is 3.00. The number of para-hydroxylation sites is 1. The second-order valence-corrected chi connectivity index (χ2v) is 6.32. The number of thioether (sulfide) groups is 1. The molecule has 1 aromatic carbocycles. The van der Waals surface area contributed by atoms with Gasteiger partial charge in [-0.25, -0.2) is 0 Å². The van der Waals surface area contributed by atoms with Crippen molar-refractivity contribution in [2.24, 2.45) is 0 Å². The lowest BCUT2D eigenvalue weighted by Gasteiger charge is -2.30. The SMILES string of the molecule is CC(CNC1CCSCC1)N(C)c1ccccc1. The van der Waals surface area contributed by atoms with Gasteiger partial charge >= 0.3 is 0 Å². The number of hydrogen-bond acceptors (Lipinski definition) is 3. The van der Waals surface area contributed by atoms with Gasteiger partial charge in [0.05, 0.1) is 0 Å². The van der Waals surface area contributed by atoms with Gasteiger partial charge in [0.25, 0.3) is 0 Å². The normalized spacial score (nSPS) is 18.6. The van der Waals surface area contributed by atoms with Crippen LogP contribution in [0, 0.1) is 0 Å². The molecule has 2 rings (SSSR count). The van der Waals surface area contributed by atoms with Gasteiger partial charge in [0.15, 0.2) is 0 Å². The van der Waals surface area contributed by atoms with Crippen molar-refractivity contribution in [3.8, 4) is 0 Å². The zero-order valence-corrected chi connectivity index (χ0v) is 12.2. The lowest BCUT2D eigenvalue weighted by molar-refractivity contribution is 0.459. The molecule has 3 heteroatoms. The Kier molecular flexibility index (Phi) is 5.39. The number of nitrogens with zero attached hydrogens (tertiary/aromatic N) is 1. The van der Waals surface area contributed by atoms with Crippen LogP contribution in [-0.4, -0.2) is 37.2 Å². The van der Waals surface area contributed by atoms with Gasteiger partial charge in [-0.05, 0) is 43.4 Å². The molecule has 1 aliphatic heterocycles. The highest BCUT2D eigenvalue weighted by molar-refractivity contribution is 7.99. The van der Waals surface area contributed by atoms with Crippen LogP contribution in [0.15, 0.2) is 30.3 Å². The molecule has 1 unspecified atom stereocenters. The van der Waals surface area contributed by atoms with Crippen LogP contribution < -0.4 is 10.2 Å². The van der Waals surface area contributed by atoms with E-state index >= 15 is 0 Å². The Morgan fingerprint density at radius 3 is 2.61 bits per heavy atom. The van der Waals surface area contributed by atoms with Crippen LogP contribution in [0.2, 0.25) is 0 Å². The van der Waals surface area contributed by atoms with E-state index < -0.39 is 0 Å². The Morgan fingerprint density at radius 2 is 1.94 bits per heavy atom. The summed E-state index contributed by atoms with van der Waals surface area (Å²) in [6.45, 7) is 3.36. The Hall–Kier alpha value is -0.670. The number of rotatable bonds is 5. The van der Waals surface area contributed by atoms with Gasteiger partial charge in [-0.15, -0.1) is 0 Å². The smallest absolute Gasteiger partial charge is 0.0383 e. The van der Waals surface area contributed by atoms with Crippen molar-refractivity contribution in [1.82, 2.24) is 5.32 Å². The molecule has 0 radical (unpaired) electrons. The van der Waals surface area contributed by atoms with Crippen molar-refractivity contribution < 1.29 is 0 Å². The highest BCUT2D eigenvalue weighted by Gasteiger charge is 2.15. The van der Waals surface area contributed by atoms with Crippen LogP contribution >= 0.6 is 11.8 Å². The van der Waals surface area contributed by atoms with Gasteiger partial charge in [-0.2, -0.15) is 11.8 Å². The van der Waals surface area contributed by atoms with Gasteiger partial charge in [0.2, 0.25) is 0 Å². The molecule has 0 aromatic heterocycles. The number of benzene rings is 1. The zero-order chi connectivity index (χ0) is 12.8. The minimum absolute atomic E-state index is 0.530. The van der Waals surface area contributed by atoms with E-state index in [1.807, 2.05) is 0 Å². The van der Waals surface area contributed by atoms with Crippen molar-refractivity contribution in [1.29, 1.82) is 0 Å². The lowest BCUT2D eigenvalue weighted by Crippen LogP contribution is -2.43. The molecule has 1 fully saturated rings. The summed E-state index contributed by atoms with van der Waals surface area (Å²) in [5.74, 6) is 2.64. The van der Waals surface area contributed by atoms with E-state index in [0.29, 0.717) is 6.04 Å². The largest absolute Gasteiger partial charge is 0.371 e. The first-order chi connectivity index (χ1) is 8.77. The summed E-state index contributed by atoms with van der Waals surface area (Å²) in [6.07, 6.45) is 2.65. The van der Waals surface area contributed by atoms with Crippen LogP contribution in [0.1, 0.15) is 19.8 Å². The van der Waals surface area contributed by atoms with Gasteiger partial charge in [0.1, 0.15) is 0 Å². The second kappa shape index (κ2) is 7.05. The van der Waals surface area contributed by atoms with E-state index in [0.717, 1.165) is 12.6 Å². The zero-order valence-electron chi connectivity index (χ0n) is 11.4. The average molecular weight is 264 g/mol. The van der Waals surface area contributed by atoms with Gasteiger partial charge < -0.3 is 10.2 Å². The fourth-order valence-corrected chi connectivity index (χ4v) is 3.40. The van der Waals surface area contributed by atoms with Crippen molar-refractivity contribution >= 4 is 17.4 Å². The summed E-state index contributed by atoms with van der Waals surface area (Å²) in [4.78, 5) is 2.35. The summed E-state index contributed by atoms with van der Waals surface area (Å²) in [5, 5.41) is 3.72. The molecule has 1 N–H and O–H groups in total. The molecule has 1 atom stereocenters. The molecule has 0 amide bonds. The monoisotopic (exact) mass is 264 g/mol. The van der Waals surface area contributed by atoms with Gasteiger partial charge in [-0.3, -0.25) is 0 Å². The fourth-order valence-electron chi connectivity index (χ4n) is 2.29. The molecule has 2 nitrogen and oxygen atoms in total. The third kappa shape index (κ3) is 3.92. The Labute approximate surface area is 115 Å². The van der Waals surface area contributed by atoms with Crippen molar-refractivity contribution in [3.63, 3.8) is 0 Å². The third-order valence-corrected chi connectivity index (χ3v) is 4.80. The first kappa shape index (κ1) is 13.8. The molecule has 1 heterocycles. The van der Waals surface area contributed by atoms with Crippen LogP contribution in [0.25, 0.3) is 0 Å². The third-order valence-electron chi connectivity index (χ3n) is 3.75. The molecule has 18 heavy (non-hydrogen) atoms. The summed E-state index contributed by atoms with van der Waals surface area (Å²) in [5.41, 5.74) is 1.30. The van der Waals surface area contributed by atoms with E-state index in [-0.39, 0.29) is 0 Å². The van der Waals surface area contributed by atoms with E-state index in [9.17, 15) is 0 Å². The maximum Gasteiger partial charge on any atom is 0.0383 e. The van der Waals surface area contributed by atoms with E-state index in [4.69, 9.17) is 0 Å². The number of nitrogens with one attached hydrogen (secondary N) is 1. The molecular formula is C15H24N2S. The maximum absolute atomic E-state index is 3.72. The van der Waals surface area contributed by atoms with Crippen molar-refractivity contribution in [2.75, 3.05) is 30.0 Å². The Morgan fingerprint density at radius 1 is 1.28 bits per heavy atom. The van der Waals surface area contributed by atoms with Crippen LogP contribution in [-0.2, 0) is 0 Å². The standard InChI is InChI=1S/C15H24N2S/c1-13(12-16-14-8-10-18-11-9-14)17(2)15-6-4-3-5-7-15/h3-7,13-14,16H,8-12H2,1-2H3. The second-order valence-electron chi connectivity index (χ2n) is 5.09. The first-order valence-corrected chi connectivity index (χ1v) is 8.02. The van der Waals surface area contributed by atoms with E-state index in [2.05, 4.69) is 66.3 Å². The number of anilines is 1. The van der Waals surface area contributed by atoms with Crippen LogP contribution in [0.5, 0.6) is 0 Å². The summed E-state index contributed by atoms with van der Waals surface area (Å²) in [6, 6.07) is 11.9. The first-order valence-electron chi connectivity index (χ1n) is 6.86. The van der Waals surface area contributed by atoms with Gasteiger partial charge in [0, 0.05) is 31.4 Å². The minimum Gasteiger partial charge on any atom is -0.371 e. The molecule has 1 aliphatic rings. The molecule has 0 aliphatic carbocycles. The highest BCUT2D eigenvalue weighted by Crippen LogP contribution is 2.18. The molecule has 100 valence electrons. The van der Waals surface area contributed by atoms with Crippen LogP contribution in [0.4, 0.5) is 5.69 Å². The quantitative estimate of drug-likeness (QED) is 0.880. The predicted molar refractivity (Wildman–Crippen MR) is 82.7 cm³/mol. The van der Waals surface area contributed by atoms with Gasteiger partial charge in [-0.1, -0.05) is 18.2 Å². The molecule has 1 saturated heterocycles. The highest BCUT2D eigenvalue weighted by atomic mass is 32.2. The number of hydrogen-bond donors (Lipinski definition) is 1. The topological polar surface area (TPSA) is 15.3 Å². The summed E-state index contributed by atoms with van der Waals surface area (Å²) in [7, 11) is 2.18. The molecule has 0 spiro atoms. The Bertz CT molecular complexity index is 336. The average Bonchev–Trinajstić information content (AvgIpc) is 2.46. The lowest BCUT2D eigenvalue weighted by atomic mass is 10.1.